The van der Waals surface area contributed by atoms with E-state index in [9.17, 15) is 14.0 Å². The third-order valence-electron chi connectivity index (χ3n) is 2.04. The summed E-state index contributed by atoms with van der Waals surface area (Å²) in [5.74, 6) is -1.79. The molecule has 0 N–H and O–H groups in total. The van der Waals surface area contributed by atoms with Crippen molar-refractivity contribution < 1.29 is 18.7 Å². The summed E-state index contributed by atoms with van der Waals surface area (Å²) in [6.45, 7) is 1.86. The van der Waals surface area contributed by atoms with Crippen LogP contribution >= 0.6 is 0 Å². The lowest BCUT2D eigenvalue weighted by Crippen LogP contribution is -2.14. The number of hydrogen-bond donors (Lipinski definition) is 0. The zero-order valence-corrected chi connectivity index (χ0v) is 9.25. The Bertz CT molecular complexity index is 418. The summed E-state index contributed by atoms with van der Waals surface area (Å²) in [7, 11) is 1.72. The van der Waals surface area contributed by atoms with Gasteiger partial charge in [0.1, 0.15) is 20.1 Å². The molecule has 1 aromatic carbocycles. The number of ether oxygens (including phenoxy) is 1. The lowest BCUT2D eigenvalue weighted by atomic mass is 9.94. The quantitative estimate of drug-likeness (QED) is 0.317. The summed E-state index contributed by atoms with van der Waals surface area (Å²) in [4.78, 5) is 22.6. The average molecular weight is 222 g/mol. The number of halogens is 1. The molecule has 3 nitrogen and oxygen atoms in total. The Morgan fingerprint density at radius 3 is 2.69 bits per heavy atom. The Kier molecular flexibility index (Phi) is 4.23. The van der Waals surface area contributed by atoms with Gasteiger partial charge in [0.2, 0.25) is 0 Å². The van der Waals surface area contributed by atoms with Gasteiger partial charge in [0.15, 0.2) is 5.78 Å². The Labute approximate surface area is 94.0 Å². The molecule has 0 radical (unpaired) electrons. The van der Waals surface area contributed by atoms with Gasteiger partial charge in [-0.2, -0.15) is 0 Å². The van der Waals surface area contributed by atoms with Crippen molar-refractivity contribution in [1.29, 1.82) is 0 Å². The first-order valence-corrected chi connectivity index (χ1v) is 4.99. The fourth-order valence-electron chi connectivity index (χ4n) is 1.28. The SMILES string of the molecule is Bc1ccc(C(=O)CC(=O)OCC)c(F)c1. The topological polar surface area (TPSA) is 43.4 Å². The van der Waals surface area contributed by atoms with Crippen molar-refractivity contribution in [3.05, 3.63) is 29.6 Å². The summed E-state index contributed by atoms with van der Waals surface area (Å²) in [6, 6.07) is 4.27. The molecule has 0 heterocycles. The molecular formula is C11H12BFO3. The minimum atomic E-state index is -0.632. The van der Waals surface area contributed by atoms with E-state index >= 15 is 0 Å². The number of carbonyl (C=O) groups is 2. The summed E-state index contributed by atoms with van der Waals surface area (Å²) in [5.41, 5.74) is 0.656. The molecule has 0 spiro atoms. The monoisotopic (exact) mass is 222 g/mol. The molecule has 1 rings (SSSR count). The van der Waals surface area contributed by atoms with Crippen LogP contribution in [0.5, 0.6) is 0 Å². The van der Waals surface area contributed by atoms with Crippen LogP contribution in [-0.4, -0.2) is 26.2 Å². The standard InChI is InChI=1S/C11H12BFO3/c1-2-16-11(15)6-10(14)8-4-3-7(12)5-9(8)13/h3-5H,2,6,12H2,1H3. The Morgan fingerprint density at radius 1 is 1.44 bits per heavy atom. The fourth-order valence-corrected chi connectivity index (χ4v) is 1.28. The van der Waals surface area contributed by atoms with E-state index in [0.717, 1.165) is 5.46 Å². The van der Waals surface area contributed by atoms with E-state index in [0.29, 0.717) is 0 Å². The van der Waals surface area contributed by atoms with Crippen LogP contribution in [0.1, 0.15) is 23.7 Å². The molecule has 1 aromatic rings. The Morgan fingerprint density at radius 2 is 2.12 bits per heavy atom. The van der Waals surface area contributed by atoms with Gasteiger partial charge in [-0.3, -0.25) is 9.59 Å². The van der Waals surface area contributed by atoms with Crippen LogP contribution < -0.4 is 5.46 Å². The predicted octanol–water partition coefficient (Wildman–Crippen LogP) is 0.220. The largest absolute Gasteiger partial charge is 0.466 e. The van der Waals surface area contributed by atoms with Gasteiger partial charge >= 0.3 is 5.97 Å². The zero-order chi connectivity index (χ0) is 12.1. The molecular weight excluding hydrogens is 210 g/mol. The highest BCUT2D eigenvalue weighted by Crippen LogP contribution is 2.08. The van der Waals surface area contributed by atoms with E-state index in [1.54, 1.807) is 20.8 Å². The Hall–Kier alpha value is -1.65. The molecule has 16 heavy (non-hydrogen) atoms. The third kappa shape index (κ3) is 3.19. The van der Waals surface area contributed by atoms with E-state index in [4.69, 9.17) is 0 Å². The molecule has 0 bridgehead atoms. The number of benzene rings is 1. The molecule has 0 atom stereocenters. The molecule has 0 aromatic heterocycles. The normalized spacial score (nSPS) is 9.88. The first kappa shape index (κ1) is 12.4. The molecule has 0 amide bonds. The number of ketones is 1. The van der Waals surface area contributed by atoms with E-state index in [2.05, 4.69) is 4.74 Å². The second kappa shape index (κ2) is 5.44. The first-order valence-electron chi connectivity index (χ1n) is 4.99. The third-order valence-corrected chi connectivity index (χ3v) is 2.04. The molecule has 0 aliphatic heterocycles. The van der Waals surface area contributed by atoms with E-state index in [1.165, 1.54) is 12.1 Å². The van der Waals surface area contributed by atoms with Crippen LogP contribution in [0.15, 0.2) is 18.2 Å². The van der Waals surface area contributed by atoms with E-state index in [-0.39, 0.29) is 12.2 Å². The highest BCUT2D eigenvalue weighted by atomic mass is 19.1. The van der Waals surface area contributed by atoms with Gasteiger partial charge in [0.25, 0.3) is 0 Å². The van der Waals surface area contributed by atoms with Crippen LogP contribution in [0.25, 0.3) is 0 Å². The Balaban J connectivity index is 2.77. The average Bonchev–Trinajstić information content (AvgIpc) is 2.17. The molecule has 5 heteroatoms. The smallest absolute Gasteiger partial charge is 0.313 e. The second-order valence-corrected chi connectivity index (χ2v) is 3.39. The van der Waals surface area contributed by atoms with Gasteiger partial charge in [-0.05, 0) is 19.1 Å². The van der Waals surface area contributed by atoms with Crippen molar-refractivity contribution in [3.8, 4) is 0 Å². The van der Waals surface area contributed by atoms with Crippen LogP contribution in [0, 0.1) is 5.82 Å². The lowest BCUT2D eigenvalue weighted by Gasteiger charge is -2.03. The lowest BCUT2D eigenvalue weighted by molar-refractivity contribution is -0.141. The summed E-state index contributed by atoms with van der Waals surface area (Å²) >= 11 is 0. The number of Topliss-reactive ketones (excluding diaryl/α,β-unsaturated/α-hetero) is 1. The van der Waals surface area contributed by atoms with Gasteiger partial charge < -0.3 is 4.74 Å². The second-order valence-electron chi connectivity index (χ2n) is 3.39. The van der Waals surface area contributed by atoms with Crippen molar-refractivity contribution >= 4 is 25.1 Å². The number of esters is 1. The number of carbonyl (C=O) groups excluding carboxylic acids is 2. The molecule has 0 unspecified atom stereocenters. The number of rotatable bonds is 4. The molecule has 0 saturated carbocycles. The van der Waals surface area contributed by atoms with Crippen LogP contribution in [-0.2, 0) is 9.53 Å². The van der Waals surface area contributed by atoms with Crippen LogP contribution in [0.2, 0.25) is 0 Å². The van der Waals surface area contributed by atoms with Crippen molar-refractivity contribution in [1.82, 2.24) is 0 Å². The number of hydrogen-bond acceptors (Lipinski definition) is 3. The first-order chi connectivity index (χ1) is 7.54. The van der Waals surface area contributed by atoms with Gasteiger partial charge in [0, 0.05) is 0 Å². The van der Waals surface area contributed by atoms with Crippen molar-refractivity contribution in [2.75, 3.05) is 6.61 Å². The van der Waals surface area contributed by atoms with Crippen LogP contribution in [0.3, 0.4) is 0 Å². The summed E-state index contributed by atoms with van der Waals surface area (Å²) in [6.07, 6.45) is -0.423. The highest BCUT2D eigenvalue weighted by molar-refractivity contribution is 6.32. The van der Waals surface area contributed by atoms with Crippen molar-refractivity contribution in [2.24, 2.45) is 0 Å². The molecule has 84 valence electrons. The molecule has 0 fully saturated rings. The van der Waals surface area contributed by atoms with Gasteiger partial charge in [0.05, 0.1) is 12.2 Å². The van der Waals surface area contributed by atoms with Crippen molar-refractivity contribution in [2.45, 2.75) is 13.3 Å². The van der Waals surface area contributed by atoms with Gasteiger partial charge in [-0.25, -0.2) is 4.39 Å². The maximum atomic E-state index is 13.4. The fraction of sp³-hybridized carbons (Fsp3) is 0.273. The maximum absolute atomic E-state index is 13.4. The minimum absolute atomic E-state index is 0.0707. The van der Waals surface area contributed by atoms with Gasteiger partial charge in [-0.15, -0.1) is 0 Å². The van der Waals surface area contributed by atoms with Gasteiger partial charge in [-0.1, -0.05) is 11.5 Å². The summed E-state index contributed by atoms with van der Waals surface area (Å²) in [5, 5.41) is 0. The predicted molar refractivity (Wildman–Crippen MR) is 60.2 cm³/mol. The molecule has 0 saturated heterocycles. The minimum Gasteiger partial charge on any atom is -0.466 e. The van der Waals surface area contributed by atoms with Crippen molar-refractivity contribution in [3.63, 3.8) is 0 Å². The maximum Gasteiger partial charge on any atom is 0.313 e. The summed E-state index contributed by atoms with van der Waals surface area (Å²) < 4.78 is 18.0. The van der Waals surface area contributed by atoms with Crippen LogP contribution in [0.4, 0.5) is 4.39 Å². The molecule has 0 aliphatic rings. The molecule has 0 aliphatic carbocycles. The zero-order valence-electron chi connectivity index (χ0n) is 9.25. The van der Waals surface area contributed by atoms with E-state index < -0.39 is 24.0 Å². The highest BCUT2D eigenvalue weighted by Gasteiger charge is 2.16. The van der Waals surface area contributed by atoms with E-state index in [1.807, 2.05) is 0 Å².